The minimum Gasteiger partial charge on any atom is -0.354 e. The molecule has 2 rings (SSSR count). The monoisotopic (exact) mass is 353 g/mol. The van der Waals surface area contributed by atoms with Crippen LogP contribution in [0.3, 0.4) is 0 Å². The van der Waals surface area contributed by atoms with E-state index in [1.807, 2.05) is 0 Å². The number of nitrogens with zero attached hydrogens (tertiary/aromatic N) is 1. The number of halogens is 2. The van der Waals surface area contributed by atoms with E-state index in [-0.39, 0.29) is 42.2 Å². The maximum Gasteiger partial charge on any atom is 0.237 e. The molecule has 3 atom stereocenters. The van der Waals surface area contributed by atoms with Gasteiger partial charge in [-0.25, -0.2) is 0 Å². The zero-order valence-electron chi connectivity index (χ0n) is 14.4. The molecule has 22 heavy (non-hydrogen) atoms. The lowest BCUT2D eigenvalue weighted by molar-refractivity contribution is -0.123. The average Bonchev–Trinajstić information content (AvgIpc) is 2.78. The Morgan fingerprint density at radius 1 is 1.23 bits per heavy atom. The number of hydrogen-bond donors (Lipinski definition) is 2. The van der Waals surface area contributed by atoms with Crippen LogP contribution in [-0.2, 0) is 4.79 Å². The van der Waals surface area contributed by atoms with E-state index in [1.165, 1.54) is 25.7 Å². The number of carbonyl (C=O) groups is 1. The predicted molar refractivity (Wildman–Crippen MR) is 97.1 cm³/mol. The standard InChI is InChI=1S/C16H31N3O.2ClH/c1-16(2,11-19(3)4)10-17-15(20)14-9-12-7-5-6-8-13(12)18-14;;/h12-14,18H,5-11H2,1-4H3,(H,17,20);2*1H. The van der Waals surface area contributed by atoms with Crippen molar-refractivity contribution in [2.75, 3.05) is 27.2 Å². The second-order valence-corrected chi connectivity index (χ2v) is 7.73. The molecule has 0 bridgehead atoms. The van der Waals surface area contributed by atoms with Crippen LogP contribution >= 0.6 is 24.8 Å². The molecule has 6 heteroatoms. The number of hydrogen-bond acceptors (Lipinski definition) is 3. The highest BCUT2D eigenvalue weighted by atomic mass is 35.5. The Balaban J connectivity index is 0.00000220. The second kappa shape index (κ2) is 9.31. The minimum absolute atomic E-state index is 0. The SMILES string of the molecule is CN(C)CC(C)(C)CNC(=O)C1CC2CCCCC2N1.Cl.Cl. The van der Waals surface area contributed by atoms with Crippen molar-refractivity contribution in [1.29, 1.82) is 0 Å². The molecule has 2 fully saturated rings. The molecule has 2 N–H and O–H groups in total. The number of amides is 1. The van der Waals surface area contributed by atoms with Crippen molar-refractivity contribution in [3.05, 3.63) is 0 Å². The Bertz CT molecular complexity index is 336. The predicted octanol–water partition coefficient (Wildman–Crippen LogP) is 2.45. The lowest BCUT2D eigenvalue weighted by Crippen LogP contribution is -2.47. The summed E-state index contributed by atoms with van der Waals surface area (Å²) >= 11 is 0. The smallest absolute Gasteiger partial charge is 0.237 e. The number of carbonyl (C=O) groups excluding carboxylic acids is 1. The third-order valence-corrected chi connectivity index (χ3v) is 4.66. The fourth-order valence-electron chi connectivity index (χ4n) is 3.88. The second-order valence-electron chi connectivity index (χ2n) is 7.73. The molecule has 1 amide bonds. The normalized spacial score (nSPS) is 27.6. The van der Waals surface area contributed by atoms with E-state index in [0.717, 1.165) is 25.4 Å². The Labute approximate surface area is 148 Å². The van der Waals surface area contributed by atoms with Gasteiger partial charge in [0.15, 0.2) is 0 Å². The van der Waals surface area contributed by atoms with Gasteiger partial charge in [-0.05, 0) is 44.7 Å². The van der Waals surface area contributed by atoms with Crippen LogP contribution in [0.1, 0.15) is 46.0 Å². The lowest BCUT2D eigenvalue weighted by atomic mass is 9.85. The zero-order valence-corrected chi connectivity index (χ0v) is 16.0. The average molecular weight is 354 g/mol. The Hall–Kier alpha value is -0.0300. The molecule has 132 valence electrons. The summed E-state index contributed by atoms with van der Waals surface area (Å²) < 4.78 is 0. The first kappa shape index (κ1) is 22.0. The van der Waals surface area contributed by atoms with E-state index in [2.05, 4.69) is 43.5 Å². The molecule has 0 aromatic heterocycles. The molecule has 3 unspecified atom stereocenters. The Morgan fingerprint density at radius 3 is 2.45 bits per heavy atom. The highest BCUT2D eigenvalue weighted by molar-refractivity contribution is 5.85. The van der Waals surface area contributed by atoms with E-state index in [1.54, 1.807) is 0 Å². The fourth-order valence-corrected chi connectivity index (χ4v) is 3.88. The van der Waals surface area contributed by atoms with Crippen LogP contribution in [0.5, 0.6) is 0 Å². The van der Waals surface area contributed by atoms with Crippen LogP contribution < -0.4 is 10.6 Å². The topological polar surface area (TPSA) is 44.4 Å². The molecule has 4 nitrogen and oxygen atoms in total. The first-order chi connectivity index (χ1) is 9.37. The van der Waals surface area contributed by atoms with Crippen molar-refractivity contribution < 1.29 is 4.79 Å². The van der Waals surface area contributed by atoms with Crippen LogP contribution in [0.15, 0.2) is 0 Å². The fraction of sp³-hybridized carbons (Fsp3) is 0.938. The number of fused-ring (bicyclic) bond motifs is 1. The summed E-state index contributed by atoms with van der Waals surface area (Å²) in [4.78, 5) is 14.5. The van der Waals surface area contributed by atoms with Crippen molar-refractivity contribution >= 4 is 30.7 Å². The van der Waals surface area contributed by atoms with Gasteiger partial charge in [-0.1, -0.05) is 26.7 Å². The van der Waals surface area contributed by atoms with Gasteiger partial charge >= 0.3 is 0 Å². The van der Waals surface area contributed by atoms with E-state index in [9.17, 15) is 4.79 Å². The summed E-state index contributed by atoms with van der Waals surface area (Å²) in [5, 5.41) is 6.70. The maximum absolute atomic E-state index is 12.3. The van der Waals surface area contributed by atoms with Gasteiger partial charge in [0.05, 0.1) is 6.04 Å². The van der Waals surface area contributed by atoms with Crippen molar-refractivity contribution in [2.45, 2.75) is 58.0 Å². The first-order valence-electron chi connectivity index (χ1n) is 8.06. The van der Waals surface area contributed by atoms with Crippen molar-refractivity contribution in [1.82, 2.24) is 15.5 Å². The molecule has 0 radical (unpaired) electrons. The van der Waals surface area contributed by atoms with Gasteiger partial charge in [0.1, 0.15) is 0 Å². The summed E-state index contributed by atoms with van der Waals surface area (Å²) in [6.45, 7) is 6.14. The van der Waals surface area contributed by atoms with Gasteiger partial charge < -0.3 is 15.5 Å². The highest BCUT2D eigenvalue weighted by Crippen LogP contribution is 2.33. The van der Waals surface area contributed by atoms with Gasteiger partial charge in [-0.15, -0.1) is 24.8 Å². The minimum atomic E-state index is 0. The quantitative estimate of drug-likeness (QED) is 0.797. The van der Waals surface area contributed by atoms with Crippen molar-refractivity contribution in [2.24, 2.45) is 11.3 Å². The molecule has 0 aromatic rings. The number of nitrogens with one attached hydrogen (secondary N) is 2. The third-order valence-electron chi connectivity index (χ3n) is 4.66. The lowest BCUT2D eigenvalue weighted by Gasteiger charge is -2.29. The summed E-state index contributed by atoms with van der Waals surface area (Å²) in [7, 11) is 4.15. The first-order valence-corrected chi connectivity index (χ1v) is 8.06. The maximum atomic E-state index is 12.3. The van der Waals surface area contributed by atoms with Gasteiger partial charge in [0.25, 0.3) is 0 Å². The molecule has 1 aliphatic heterocycles. The van der Waals surface area contributed by atoms with Gasteiger partial charge in [0, 0.05) is 19.1 Å². The van der Waals surface area contributed by atoms with E-state index in [4.69, 9.17) is 0 Å². The van der Waals surface area contributed by atoms with Gasteiger partial charge in [0.2, 0.25) is 5.91 Å². The van der Waals surface area contributed by atoms with E-state index < -0.39 is 0 Å². The van der Waals surface area contributed by atoms with Gasteiger partial charge in [-0.2, -0.15) is 0 Å². The molecule has 0 aromatic carbocycles. The molecule has 1 saturated heterocycles. The molecule has 1 heterocycles. The van der Waals surface area contributed by atoms with E-state index in [0.29, 0.717) is 6.04 Å². The van der Waals surface area contributed by atoms with E-state index >= 15 is 0 Å². The summed E-state index contributed by atoms with van der Waals surface area (Å²) in [5.41, 5.74) is 0.116. The Kier molecular flexibility index (Phi) is 9.30. The highest BCUT2D eigenvalue weighted by Gasteiger charge is 2.38. The Morgan fingerprint density at radius 2 is 1.86 bits per heavy atom. The van der Waals surface area contributed by atoms with Crippen molar-refractivity contribution in [3.8, 4) is 0 Å². The molecular formula is C16H33Cl2N3O. The van der Waals surface area contributed by atoms with Crippen molar-refractivity contribution in [3.63, 3.8) is 0 Å². The van der Waals surface area contributed by atoms with Crippen LogP contribution in [-0.4, -0.2) is 50.1 Å². The van der Waals surface area contributed by atoms with Crippen LogP contribution in [0.4, 0.5) is 0 Å². The third kappa shape index (κ3) is 6.23. The summed E-state index contributed by atoms with van der Waals surface area (Å²) in [5.74, 6) is 0.931. The van der Waals surface area contributed by atoms with Gasteiger partial charge in [-0.3, -0.25) is 4.79 Å². The molecule has 0 spiro atoms. The molecule has 1 saturated carbocycles. The summed E-state index contributed by atoms with van der Waals surface area (Å²) in [6.07, 6.45) is 6.24. The summed E-state index contributed by atoms with van der Waals surface area (Å²) in [6, 6.07) is 0.632. The van der Waals surface area contributed by atoms with Crippen LogP contribution in [0, 0.1) is 11.3 Å². The van der Waals surface area contributed by atoms with Crippen LogP contribution in [0.25, 0.3) is 0 Å². The molecule has 2 aliphatic rings. The zero-order chi connectivity index (χ0) is 14.8. The molecule has 1 aliphatic carbocycles. The molecular weight excluding hydrogens is 321 g/mol. The largest absolute Gasteiger partial charge is 0.354 e. The van der Waals surface area contributed by atoms with Crippen LogP contribution in [0.2, 0.25) is 0 Å². The number of rotatable bonds is 5.